The first kappa shape index (κ1) is 13.6. The Morgan fingerprint density at radius 2 is 1.55 bits per heavy atom. The third-order valence-electron chi connectivity index (χ3n) is 5.08. The topological polar surface area (TPSA) is 66.5 Å². The summed E-state index contributed by atoms with van der Waals surface area (Å²) < 4.78 is 0. The number of hydrogen-bond acceptors (Lipinski definition) is 3. The Morgan fingerprint density at radius 1 is 0.950 bits per heavy atom. The average molecular weight is 278 g/mol. The molecule has 2 aliphatic carbocycles. The van der Waals surface area contributed by atoms with Crippen LogP contribution in [0.3, 0.4) is 0 Å². The van der Waals surface area contributed by atoms with E-state index in [0.29, 0.717) is 12.5 Å². The van der Waals surface area contributed by atoms with E-state index < -0.39 is 11.9 Å². The number of imide groups is 2. The summed E-state index contributed by atoms with van der Waals surface area (Å²) in [7, 11) is 0. The molecule has 4 amide bonds. The van der Waals surface area contributed by atoms with Gasteiger partial charge in [-0.1, -0.05) is 25.7 Å². The van der Waals surface area contributed by atoms with Gasteiger partial charge in [0.1, 0.15) is 5.92 Å². The van der Waals surface area contributed by atoms with Crippen LogP contribution in [0.5, 0.6) is 0 Å². The maximum Gasteiger partial charge on any atom is 0.330 e. The smallest absolute Gasteiger partial charge is 0.277 e. The van der Waals surface area contributed by atoms with E-state index in [4.69, 9.17) is 0 Å². The van der Waals surface area contributed by atoms with Crippen molar-refractivity contribution in [2.24, 2.45) is 17.8 Å². The van der Waals surface area contributed by atoms with E-state index in [1.807, 2.05) is 0 Å². The van der Waals surface area contributed by atoms with Gasteiger partial charge in [0.15, 0.2) is 0 Å². The van der Waals surface area contributed by atoms with E-state index in [2.05, 4.69) is 5.32 Å². The van der Waals surface area contributed by atoms with Gasteiger partial charge in [-0.15, -0.1) is 0 Å². The maximum absolute atomic E-state index is 12.6. The number of nitrogens with zero attached hydrogens (tertiary/aromatic N) is 1. The highest BCUT2D eigenvalue weighted by Crippen LogP contribution is 2.34. The van der Waals surface area contributed by atoms with Gasteiger partial charge < -0.3 is 0 Å². The number of nitrogens with one attached hydrogen (secondary N) is 1. The second kappa shape index (κ2) is 5.54. The summed E-state index contributed by atoms with van der Waals surface area (Å²) >= 11 is 0. The summed E-state index contributed by atoms with van der Waals surface area (Å²) in [6.07, 6.45) is 8.54. The SMILES string of the molecule is O=C1NC(=O)N(CC2CCCC2)C(=O)C1C1CCCC1. The molecule has 1 heterocycles. The molecule has 0 aromatic carbocycles. The standard InChI is InChI=1S/C15H22N2O3/c18-13-12(11-7-3-4-8-11)14(19)17(15(20)16-13)9-10-5-1-2-6-10/h10-12H,1-9H2,(H,16,18,20). The first-order valence-electron chi connectivity index (χ1n) is 7.83. The number of carbonyl (C=O) groups excluding carboxylic acids is 3. The van der Waals surface area contributed by atoms with E-state index in [1.54, 1.807) is 0 Å². The molecule has 3 fully saturated rings. The Morgan fingerprint density at radius 3 is 2.20 bits per heavy atom. The summed E-state index contributed by atoms with van der Waals surface area (Å²) in [4.78, 5) is 37.8. The van der Waals surface area contributed by atoms with Crippen LogP contribution in [0, 0.1) is 17.8 Å². The van der Waals surface area contributed by atoms with Gasteiger partial charge in [-0.25, -0.2) is 4.79 Å². The second-order valence-corrected chi connectivity index (χ2v) is 6.42. The van der Waals surface area contributed by atoms with Crippen LogP contribution in [0.15, 0.2) is 0 Å². The van der Waals surface area contributed by atoms with Gasteiger partial charge in [0.2, 0.25) is 11.8 Å². The van der Waals surface area contributed by atoms with E-state index >= 15 is 0 Å². The molecule has 20 heavy (non-hydrogen) atoms. The first-order chi connectivity index (χ1) is 9.66. The quantitative estimate of drug-likeness (QED) is 0.804. The van der Waals surface area contributed by atoms with E-state index in [1.165, 1.54) is 17.7 Å². The van der Waals surface area contributed by atoms with Crippen LogP contribution >= 0.6 is 0 Å². The van der Waals surface area contributed by atoms with Gasteiger partial charge in [0.25, 0.3) is 0 Å². The molecular weight excluding hydrogens is 256 g/mol. The van der Waals surface area contributed by atoms with Gasteiger partial charge in [0, 0.05) is 6.54 Å². The average Bonchev–Trinajstić information content (AvgIpc) is 3.07. The Hall–Kier alpha value is -1.39. The van der Waals surface area contributed by atoms with Crippen molar-refractivity contribution in [3.8, 4) is 0 Å². The van der Waals surface area contributed by atoms with Crippen molar-refractivity contribution in [2.75, 3.05) is 6.54 Å². The summed E-state index contributed by atoms with van der Waals surface area (Å²) in [5.41, 5.74) is 0. The van der Waals surface area contributed by atoms with Crippen molar-refractivity contribution in [3.05, 3.63) is 0 Å². The van der Waals surface area contributed by atoms with Crippen LogP contribution in [-0.2, 0) is 9.59 Å². The Labute approximate surface area is 119 Å². The Balaban J connectivity index is 1.73. The lowest BCUT2D eigenvalue weighted by molar-refractivity contribution is -0.145. The molecule has 1 aliphatic heterocycles. The fraction of sp³-hybridized carbons (Fsp3) is 0.800. The summed E-state index contributed by atoms with van der Waals surface area (Å²) in [6.45, 7) is 0.487. The molecule has 1 atom stereocenters. The highest BCUT2D eigenvalue weighted by atomic mass is 16.2. The number of rotatable bonds is 3. The number of hydrogen-bond donors (Lipinski definition) is 1. The minimum absolute atomic E-state index is 0.127. The first-order valence-corrected chi connectivity index (χ1v) is 7.83. The predicted octanol–water partition coefficient (Wildman–Crippen LogP) is 2.06. The predicted molar refractivity (Wildman–Crippen MR) is 72.7 cm³/mol. The zero-order valence-corrected chi connectivity index (χ0v) is 11.8. The van der Waals surface area contributed by atoms with Gasteiger partial charge in [-0.3, -0.25) is 19.8 Å². The van der Waals surface area contributed by atoms with Crippen molar-refractivity contribution in [3.63, 3.8) is 0 Å². The number of barbiturate groups is 1. The Kier molecular flexibility index (Phi) is 3.76. The van der Waals surface area contributed by atoms with Crippen LogP contribution in [0.4, 0.5) is 4.79 Å². The third kappa shape index (κ3) is 2.45. The van der Waals surface area contributed by atoms with Crippen LogP contribution in [-0.4, -0.2) is 29.3 Å². The van der Waals surface area contributed by atoms with Gasteiger partial charge in [0.05, 0.1) is 0 Å². The van der Waals surface area contributed by atoms with Crippen LogP contribution in [0.25, 0.3) is 0 Å². The lowest BCUT2D eigenvalue weighted by atomic mass is 9.87. The number of urea groups is 1. The van der Waals surface area contributed by atoms with Crippen molar-refractivity contribution in [2.45, 2.75) is 51.4 Å². The van der Waals surface area contributed by atoms with E-state index in [0.717, 1.165) is 38.5 Å². The molecular formula is C15H22N2O3. The monoisotopic (exact) mass is 278 g/mol. The van der Waals surface area contributed by atoms with Crippen LogP contribution in [0.2, 0.25) is 0 Å². The molecule has 1 N–H and O–H groups in total. The molecule has 0 bridgehead atoms. The molecule has 0 aromatic heterocycles. The Bertz CT molecular complexity index is 423. The highest BCUT2D eigenvalue weighted by molar-refractivity contribution is 6.16. The fourth-order valence-electron chi connectivity index (χ4n) is 3.96. The molecule has 0 radical (unpaired) electrons. The minimum Gasteiger partial charge on any atom is -0.277 e. The third-order valence-corrected chi connectivity index (χ3v) is 5.08. The van der Waals surface area contributed by atoms with Crippen molar-refractivity contribution < 1.29 is 14.4 Å². The largest absolute Gasteiger partial charge is 0.330 e. The molecule has 3 rings (SSSR count). The van der Waals surface area contributed by atoms with Crippen molar-refractivity contribution >= 4 is 17.8 Å². The van der Waals surface area contributed by atoms with Crippen molar-refractivity contribution in [1.82, 2.24) is 10.2 Å². The number of carbonyl (C=O) groups is 3. The van der Waals surface area contributed by atoms with Crippen LogP contribution in [0.1, 0.15) is 51.4 Å². The van der Waals surface area contributed by atoms with Gasteiger partial charge in [-0.2, -0.15) is 0 Å². The summed E-state index contributed by atoms with van der Waals surface area (Å²) in [5, 5.41) is 2.39. The minimum atomic E-state index is -0.628. The molecule has 1 saturated heterocycles. The van der Waals surface area contributed by atoms with Gasteiger partial charge >= 0.3 is 6.03 Å². The second-order valence-electron chi connectivity index (χ2n) is 6.42. The lowest BCUT2D eigenvalue weighted by Crippen LogP contribution is -2.60. The summed E-state index contributed by atoms with van der Waals surface area (Å²) in [5.74, 6) is -0.715. The van der Waals surface area contributed by atoms with Gasteiger partial charge in [-0.05, 0) is 37.5 Å². The van der Waals surface area contributed by atoms with Crippen LogP contribution < -0.4 is 5.32 Å². The zero-order valence-electron chi connectivity index (χ0n) is 11.8. The molecule has 0 aromatic rings. The molecule has 3 aliphatic rings. The highest BCUT2D eigenvalue weighted by Gasteiger charge is 2.45. The summed E-state index contributed by atoms with van der Waals surface area (Å²) in [6, 6.07) is -0.513. The maximum atomic E-state index is 12.6. The number of amides is 4. The lowest BCUT2D eigenvalue weighted by Gasteiger charge is -2.34. The zero-order chi connectivity index (χ0) is 14.1. The molecule has 5 heteroatoms. The fourth-order valence-corrected chi connectivity index (χ4v) is 3.96. The normalized spacial score (nSPS) is 29.3. The molecule has 5 nitrogen and oxygen atoms in total. The molecule has 2 saturated carbocycles. The molecule has 110 valence electrons. The van der Waals surface area contributed by atoms with Crippen molar-refractivity contribution in [1.29, 1.82) is 0 Å². The molecule has 0 spiro atoms. The van der Waals surface area contributed by atoms with E-state index in [-0.39, 0.29) is 17.7 Å². The molecule has 1 unspecified atom stereocenters. The van der Waals surface area contributed by atoms with E-state index in [9.17, 15) is 14.4 Å².